The van der Waals surface area contributed by atoms with Crippen LogP contribution >= 0.6 is 0 Å². The first-order chi connectivity index (χ1) is 24.6. The van der Waals surface area contributed by atoms with Gasteiger partial charge in [-0.25, -0.2) is 0 Å². The maximum Gasteiger partial charge on any atom is 0.325 e. The quantitative estimate of drug-likeness (QED) is 0.0362. The second kappa shape index (κ2) is 31.5. The van der Waals surface area contributed by atoms with Crippen LogP contribution in [0.2, 0.25) is 0 Å². The number of nitrogens with zero attached hydrogens (tertiary/aromatic N) is 9. The Morgan fingerprint density at radius 1 is 0.580 bits per heavy atom. The molecular weight excluding hydrogens is 668 g/mol. The van der Waals surface area contributed by atoms with Crippen molar-refractivity contribution in [2.45, 2.75) is 0 Å². The van der Waals surface area contributed by atoms with E-state index in [0.29, 0.717) is 0 Å². The molecule has 1 aromatic rings. The standard InChI is InChI=1S/C28H44N10O12/c1-41-26(39)22-32-28(40)23-20-24(48-17-14-45-11-8-42-5-2-33-36-29)27(50-19-16-47-13-10-44-7-4-35-38-31)25(21-23)49-18-15-46-12-9-43-6-3-34-37-30/h20-21H,2-19,22H2,1H3,(H,32,40). The number of carbonyl (C=O) groups excluding carboxylic acids is 2. The minimum absolute atomic E-state index is 0.0637. The van der Waals surface area contributed by atoms with Gasteiger partial charge in [0.1, 0.15) is 26.4 Å². The lowest BCUT2D eigenvalue weighted by atomic mass is 10.1. The first-order valence-corrected chi connectivity index (χ1v) is 15.5. The van der Waals surface area contributed by atoms with Crippen molar-refractivity contribution in [3.8, 4) is 17.2 Å². The Kier molecular flexibility index (Phi) is 27.3. The lowest BCUT2D eigenvalue weighted by Crippen LogP contribution is -2.30. The molecule has 0 saturated heterocycles. The van der Waals surface area contributed by atoms with Gasteiger partial charge < -0.3 is 52.7 Å². The van der Waals surface area contributed by atoms with E-state index in [1.807, 2.05) is 0 Å². The van der Waals surface area contributed by atoms with E-state index in [2.05, 4.69) is 40.1 Å². The van der Waals surface area contributed by atoms with Crippen molar-refractivity contribution in [1.29, 1.82) is 0 Å². The molecule has 0 spiro atoms. The highest BCUT2D eigenvalue weighted by Gasteiger charge is 2.20. The number of carbonyl (C=O) groups is 2. The SMILES string of the molecule is COC(=O)CNC(=O)c1cc(OCCOCCOCCN=[N+]=[N-])c(OCCOCCOCCN=[N+]=[N-])c(OCCOCCOCCN=[N+]=[N-])c1. The second-order valence-corrected chi connectivity index (χ2v) is 9.14. The van der Waals surface area contributed by atoms with E-state index in [4.69, 9.17) is 59.2 Å². The normalized spacial score (nSPS) is 10.3. The van der Waals surface area contributed by atoms with Gasteiger partial charge >= 0.3 is 5.97 Å². The molecule has 50 heavy (non-hydrogen) atoms. The van der Waals surface area contributed by atoms with Gasteiger partial charge in [0.25, 0.3) is 5.91 Å². The van der Waals surface area contributed by atoms with Crippen LogP contribution in [0, 0.1) is 0 Å². The summed E-state index contributed by atoms with van der Waals surface area (Å²) in [7, 11) is 1.20. The van der Waals surface area contributed by atoms with Crippen LogP contribution in [-0.4, -0.2) is 144 Å². The molecule has 0 aliphatic heterocycles. The highest BCUT2D eigenvalue weighted by molar-refractivity contribution is 5.97. The smallest absolute Gasteiger partial charge is 0.325 e. The Labute approximate surface area is 288 Å². The molecule has 0 saturated carbocycles. The van der Waals surface area contributed by atoms with Gasteiger partial charge in [0.05, 0.1) is 86.4 Å². The van der Waals surface area contributed by atoms with Crippen molar-refractivity contribution < 1.29 is 57.0 Å². The molecule has 0 radical (unpaired) electrons. The summed E-state index contributed by atoms with van der Waals surface area (Å²) in [6.45, 7) is 3.45. The van der Waals surface area contributed by atoms with Crippen molar-refractivity contribution in [3.05, 3.63) is 49.0 Å². The van der Waals surface area contributed by atoms with Crippen molar-refractivity contribution >= 4 is 11.9 Å². The van der Waals surface area contributed by atoms with Gasteiger partial charge in [0.2, 0.25) is 5.75 Å². The number of rotatable bonds is 33. The fourth-order valence-corrected chi connectivity index (χ4v) is 3.43. The van der Waals surface area contributed by atoms with Crippen LogP contribution in [0.15, 0.2) is 27.5 Å². The number of esters is 1. The number of hydrogen-bond donors (Lipinski definition) is 1. The molecule has 1 N–H and O–H groups in total. The molecule has 0 aliphatic rings. The van der Waals surface area contributed by atoms with Crippen LogP contribution in [-0.2, 0) is 38.0 Å². The molecule has 1 aromatic carbocycles. The molecule has 22 heteroatoms. The van der Waals surface area contributed by atoms with E-state index < -0.39 is 11.9 Å². The highest BCUT2D eigenvalue weighted by atomic mass is 16.6. The third-order valence-electron chi connectivity index (χ3n) is 5.66. The summed E-state index contributed by atoms with van der Waals surface area (Å²) in [5, 5.41) is 12.6. The zero-order valence-electron chi connectivity index (χ0n) is 28.0. The lowest BCUT2D eigenvalue weighted by Gasteiger charge is -2.19. The monoisotopic (exact) mass is 712 g/mol. The van der Waals surface area contributed by atoms with E-state index in [1.54, 1.807) is 0 Å². The largest absolute Gasteiger partial charge is 0.487 e. The van der Waals surface area contributed by atoms with Crippen molar-refractivity contribution in [3.63, 3.8) is 0 Å². The van der Waals surface area contributed by atoms with Gasteiger partial charge in [-0.05, 0) is 28.7 Å². The van der Waals surface area contributed by atoms with Gasteiger partial charge in [0, 0.05) is 39.9 Å². The van der Waals surface area contributed by atoms with E-state index >= 15 is 0 Å². The third kappa shape index (κ3) is 22.8. The highest BCUT2D eigenvalue weighted by Crippen LogP contribution is 2.39. The number of methoxy groups -OCH3 is 1. The van der Waals surface area contributed by atoms with Crippen molar-refractivity contribution in [2.24, 2.45) is 15.3 Å². The van der Waals surface area contributed by atoms with E-state index in [-0.39, 0.29) is 148 Å². The van der Waals surface area contributed by atoms with Gasteiger partial charge in [-0.3, -0.25) is 9.59 Å². The number of ether oxygens (including phenoxy) is 10. The average Bonchev–Trinajstić information content (AvgIpc) is 3.13. The van der Waals surface area contributed by atoms with Crippen LogP contribution in [0.5, 0.6) is 17.2 Å². The topological polar surface area (TPSA) is 285 Å². The average molecular weight is 713 g/mol. The van der Waals surface area contributed by atoms with Crippen LogP contribution < -0.4 is 19.5 Å². The summed E-state index contributed by atoms with van der Waals surface area (Å²) in [5.74, 6) is -0.716. The van der Waals surface area contributed by atoms with Crippen LogP contribution in [0.3, 0.4) is 0 Å². The Morgan fingerprint density at radius 3 is 1.32 bits per heavy atom. The first kappa shape index (κ1) is 43.3. The van der Waals surface area contributed by atoms with Gasteiger partial charge in [-0.15, -0.1) is 0 Å². The predicted octanol–water partition coefficient (Wildman–Crippen LogP) is 2.76. The molecule has 0 atom stereocenters. The zero-order chi connectivity index (χ0) is 36.3. The maximum absolute atomic E-state index is 13.0. The zero-order valence-corrected chi connectivity index (χ0v) is 28.0. The van der Waals surface area contributed by atoms with Crippen molar-refractivity contribution in [1.82, 2.24) is 5.32 Å². The number of nitrogens with one attached hydrogen (secondary N) is 1. The molecular formula is C28H44N10O12. The van der Waals surface area contributed by atoms with Crippen molar-refractivity contribution in [2.75, 3.05) is 132 Å². The Morgan fingerprint density at radius 2 is 0.940 bits per heavy atom. The summed E-state index contributed by atoms with van der Waals surface area (Å²) in [4.78, 5) is 32.5. The summed E-state index contributed by atoms with van der Waals surface area (Å²) < 4.78 is 55.0. The van der Waals surface area contributed by atoms with Crippen LogP contribution in [0.25, 0.3) is 31.3 Å². The molecule has 22 nitrogen and oxygen atoms in total. The molecule has 0 aromatic heterocycles. The molecule has 0 fully saturated rings. The maximum atomic E-state index is 13.0. The molecule has 0 aliphatic carbocycles. The number of benzene rings is 1. The number of hydrogen-bond acceptors (Lipinski definition) is 15. The Bertz CT molecular complexity index is 1180. The molecule has 0 bridgehead atoms. The van der Waals surface area contributed by atoms with E-state index in [0.717, 1.165) is 0 Å². The first-order valence-electron chi connectivity index (χ1n) is 15.5. The van der Waals surface area contributed by atoms with Gasteiger partial charge in [-0.1, -0.05) is 15.3 Å². The van der Waals surface area contributed by atoms with Gasteiger partial charge in [0.15, 0.2) is 11.5 Å². The fraction of sp³-hybridized carbons (Fsp3) is 0.714. The molecule has 1 rings (SSSR count). The predicted molar refractivity (Wildman–Crippen MR) is 174 cm³/mol. The summed E-state index contributed by atoms with van der Waals surface area (Å²) in [6.07, 6.45) is 0. The Balaban J connectivity index is 2.92. The van der Waals surface area contributed by atoms with Gasteiger partial charge in [-0.2, -0.15) is 0 Å². The fourth-order valence-electron chi connectivity index (χ4n) is 3.43. The van der Waals surface area contributed by atoms with Crippen LogP contribution in [0.1, 0.15) is 10.4 Å². The summed E-state index contributed by atoms with van der Waals surface area (Å²) >= 11 is 0. The molecule has 1 amide bonds. The summed E-state index contributed by atoms with van der Waals surface area (Å²) in [5.41, 5.74) is 25.0. The third-order valence-corrected chi connectivity index (χ3v) is 5.66. The minimum atomic E-state index is -0.634. The molecule has 278 valence electrons. The Hall–Kier alpha value is -4.75. The second-order valence-electron chi connectivity index (χ2n) is 9.14. The summed E-state index contributed by atoms with van der Waals surface area (Å²) in [6, 6.07) is 2.88. The van der Waals surface area contributed by atoms with E-state index in [1.165, 1.54) is 19.2 Å². The number of amides is 1. The minimum Gasteiger partial charge on any atom is -0.487 e. The lowest BCUT2D eigenvalue weighted by molar-refractivity contribution is -0.139. The molecule has 0 unspecified atom stereocenters. The van der Waals surface area contributed by atoms with Crippen LogP contribution in [0.4, 0.5) is 0 Å². The number of azide groups is 3. The molecule has 0 heterocycles. The van der Waals surface area contributed by atoms with E-state index in [9.17, 15) is 9.59 Å².